The molecule has 112 valence electrons. The minimum Gasteiger partial charge on any atom is -0.300 e. The third-order valence-corrected chi connectivity index (χ3v) is 5.13. The average molecular weight is 306 g/mol. The second-order valence-electron chi connectivity index (χ2n) is 5.46. The monoisotopic (exact) mass is 306 g/mol. The lowest BCUT2D eigenvalue weighted by Gasteiger charge is -2.34. The first-order valence-corrected chi connectivity index (χ1v) is 7.92. The van der Waals surface area contributed by atoms with E-state index in [9.17, 15) is 4.79 Å². The second kappa shape index (κ2) is 5.51. The third-order valence-electron chi connectivity index (χ3n) is 4.14. The Morgan fingerprint density at radius 3 is 2.67 bits per heavy atom. The summed E-state index contributed by atoms with van der Waals surface area (Å²) in [6.07, 6.45) is 6.20. The van der Waals surface area contributed by atoms with Crippen LogP contribution >= 0.6 is 11.3 Å². The van der Waals surface area contributed by atoms with Crippen LogP contribution in [0.25, 0.3) is 0 Å². The van der Waals surface area contributed by atoms with Gasteiger partial charge in [0.2, 0.25) is 0 Å². The van der Waals surface area contributed by atoms with Gasteiger partial charge in [-0.3, -0.25) is 10.1 Å². The van der Waals surface area contributed by atoms with E-state index in [2.05, 4.69) is 25.8 Å². The van der Waals surface area contributed by atoms with Gasteiger partial charge in [0, 0.05) is 4.88 Å². The molecular formula is C13H18N6OS. The van der Waals surface area contributed by atoms with Crippen molar-refractivity contribution in [1.29, 1.82) is 0 Å². The molecule has 7 nitrogen and oxygen atoms in total. The Balaban J connectivity index is 1.88. The van der Waals surface area contributed by atoms with Crippen molar-refractivity contribution in [3.63, 3.8) is 0 Å². The van der Waals surface area contributed by atoms with E-state index in [0.29, 0.717) is 5.13 Å². The van der Waals surface area contributed by atoms with E-state index in [4.69, 9.17) is 0 Å². The second-order valence-corrected chi connectivity index (χ2v) is 6.66. The summed E-state index contributed by atoms with van der Waals surface area (Å²) < 4.78 is 1.61. The van der Waals surface area contributed by atoms with E-state index in [-0.39, 0.29) is 5.91 Å². The lowest BCUT2D eigenvalue weighted by molar-refractivity contribution is -0.126. The number of tetrazole rings is 1. The van der Waals surface area contributed by atoms with Gasteiger partial charge in [-0.1, -0.05) is 19.3 Å². The predicted molar refractivity (Wildman–Crippen MR) is 79.1 cm³/mol. The minimum atomic E-state index is -0.685. The van der Waals surface area contributed by atoms with Crippen molar-refractivity contribution in [2.24, 2.45) is 0 Å². The van der Waals surface area contributed by atoms with Crippen molar-refractivity contribution >= 4 is 22.4 Å². The van der Waals surface area contributed by atoms with Crippen LogP contribution in [-0.4, -0.2) is 31.1 Å². The maximum atomic E-state index is 12.8. The topological polar surface area (TPSA) is 85.6 Å². The van der Waals surface area contributed by atoms with Gasteiger partial charge in [0.15, 0.2) is 5.13 Å². The normalized spacial score (nSPS) is 17.6. The molecule has 3 rings (SSSR count). The summed E-state index contributed by atoms with van der Waals surface area (Å²) in [7, 11) is 0. The fourth-order valence-electron chi connectivity index (χ4n) is 2.79. The van der Waals surface area contributed by atoms with Crippen molar-refractivity contribution < 1.29 is 4.79 Å². The first-order valence-electron chi connectivity index (χ1n) is 7.11. The van der Waals surface area contributed by atoms with Crippen LogP contribution in [0.4, 0.5) is 5.13 Å². The van der Waals surface area contributed by atoms with Crippen molar-refractivity contribution in [2.45, 2.75) is 51.5 Å². The fourth-order valence-corrected chi connectivity index (χ4v) is 3.60. The molecule has 21 heavy (non-hydrogen) atoms. The van der Waals surface area contributed by atoms with Gasteiger partial charge < -0.3 is 0 Å². The summed E-state index contributed by atoms with van der Waals surface area (Å²) in [6, 6.07) is 0. The van der Waals surface area contributed by atoms with E-state index in [1.54, 1.807) is 4.68 Å². The molecule has 0 spiro atoms. The van der Waals surface area contributed by atoms with Crippen LogP contribution in [0.2, 0.25) is 0 Å². The number of aryl methyl sites for hydroxylation is 2. The van der Waals surface area contributed by atoms with Gasteiger partial charge in [0.05, 0.1) is 5.69 Å². The van der Waals surface area contributed by atoms with Gasteiger partial charge in [0.25, 0.3) is 5.91 Å². The van der Waals surface area contributed by atoms with Crippen molar-refractivity contribution in [1.82, 2.24) is 25.2 Å². The number of nitrogens with one attached hydrogen (secondary N) is 1. The zero-order valence-electron chi connectivity index (χ0n) is 12.2. The maximum absolute atomic E-state index is 12.8. The molecule has 0 saturated heterocycles. The maximum Gasteiger partial charge on any atom is 0.254 e. The Hall–Kier alpha value is -1.83. The first-order chi connectivity index (χ1) is 10.1. The van der Waals surface area contributed by atoms with Crippen LogP contribution in [0.5, 0.6) is 0 Å². The molecule has 0 radical (unpaired) electrons. The molecule has 1 amide bonds. The van der Waals surface area contributed by atoms with Crippen LogP contribution in [0, 0.1) is 13.8 Å². The van der Waals surface area contributed by atoms with Crippen LogP contribution < -0.4 is 5.32 Å². The number of amides is 1. The zero-order chi connectivity index (χ0) is 14.9. The number of rotatable bonds is 3. The molecule has 2 aromatic heterocycles. The molecule has 1 N–H and O–H groups in total. The standard InChI is InChI=1S/C13H18N6OS/c1-9-10(2)21-12(15-9)16-11(20)13(6-4-3-5-7-13)19-8-14-17-18-19/h8H,3-7H2,1-2H3,(H,15,16,20). The smallest absolute Gasteiger partial charge is 0.254 e. The molecule has 0 aromatic carbocycles. The average Bonchev–Trinajstić information content (AvgIpc) is 3.11. The van der Waals surface area contributed by atoms with E-state index in [1.165, 1.54) is 17.7 Å². The molecular weight excluding hydrogens is 288 g/mol. The van der Waals surface area contributed by atoms with E-state index >= 15 is 0 Å². The number of nitrogens with zero attached hydrogens (tertiary/aromatic N) is 5. The molecule has 1 saturated carbocycles. The first kappa shape index (κ1) is 14.1. The van der Waals surface area contributed by atoms with Gasteiger partial charge in [-0.05, 0) is 37.1 Å². The van der Waals surface area contributed by atoms with Crippen molar-refractivity contribution in [3.05, 3.63) is 16.9 Å². The molecule has 2 aromatic rings. The highest BCUT2D eigenvalue weighted by atomic mass is 32.1. The van der Waals surface area contributed by atoms with Crippen molar-refractivity contribution in [2.75, 3.05) is 5.32 Å². The molecule has 1 aliphatic rings. The highest BCUT2D eigenvalue weighted by Gasteiger charge is 2.43. The van der Waals surface area contributed by atoms with Gasteiger partial charge >= 0.3 is 0 Å². The van der Waals surface area contributed by atoms with Gasteiger partial charge in [-0.2, -0.15) is 0 Å². The number of hydrogen-bond acceptors (Lipinski definition) is 6. The highest BCUT2D eigenvalue weighted by molar-refractivity contribution is 7.15. The predicted octanol–water partition coefficient (Wildman–Crippen LogP) is 2.04. The summed E-state index contributed by atoms with van der Waals surface area (Å²) in [5.74, 6) is -0.0664. The molecule has 2 heterocycles. The molecule has 0 atom stereocenters. The highest BCUT2D eigenvalue weighted by Crippen LogP contribution is 2.35. The number of carbonyl (C=O) groups excluding carboxylic acids is 1. The van der Waals surface area contributed by atoms with Crippen LogP contribution in [-0.2, 0) is 10.3 Å². The SMILES string of the molecule is Cc1nc(NC(=O)C2(n3cnnn3)CCCCC2)sc1C. The lowest BCUT2D eigenvalue weighted by Crippen LogP contribution is -2.47. The molecule has 1 aliphatic carbocycles. The van der Waals surface area contributed by atoms with Crippen LogP contribution in [0.3, 0.4) is 0 Å². The largest absolute Gasteiger partial charge is 0.300 e. The van der Waals surface area contributed by atoms with Crippen LogP contribution in [0.1, 0.15) is 42.7 Å². The Labute approximate surface area is 126 Å². The summed E-state index contributed by atoms with van der Waals surface area (Å²) in [4.78, 5) is 18.3. The summed E-state index contributed by atoms with van der Waals surface area (Å²) >= 11 is 1.50. The Bertz CT molecular complexity index is 610. The summed E-state index contributed by atoms with van der Waals surface area (Å²) in [5, 5.41) is 15.0. The Morgan fingerprint density at radius 2 is 2.10 bits per heavy atom. The lowest BCUT2D eigenvalue weighted by atomic mass is 9.81. The quantitative estimate of drug-likeness (QED) is 0.938. The van der Waals surface area contributed by atoms with Gasteiger partial charge in [-0.15, -0.1) is 16.4 Å². The van der Waals surface area contributed by atoms with E-state index < -0.39 is 5.54 Å². The zero-order valence-corrected chi connectivity index (χ0v) is 13.0. The molecule has 0 unspecified atom stereocenters. The Kier molecular flexibility index (Phi) is 3.71. The molecule has 1 fully saturated rings. The summed E-state index contributed by atoms with van der Waals surface area (Å²) in [5.41, 5.74) is 0.269. The third kappa shape index (κ3) is 2.55. The van der Waals surface area contributed by atoms with Crippen LogP contribution in [0.15, 0.2) is 6.33 Å². The van der Waals surface area contributed by atoms with E-state index in [0.717, 1.165) is 42.7 Å². The Morgan fingerprint density at radius 1 is 1.33 bits per heavy atom. The van der Waals surface area contributed by atoms with Crippen molar-refractivity contribution in [3.8, 4) is 0 Å². The van der Waals surface area contributed by atoms with Gasteiger partial charge in [0.1, 0.15) is 11.9 Å². The number of thiazole rings is 1. The molecule has 8 heteroatoms. The molecule has 0 bridgehead atoms. The minimum absolute atomic E-state index is 0.0664. The number of aromatic nitrogens is 5. The number of hydrogen-bond donors (Lipinski definition) is 1. The summed E-state index contributed by atoms with van der Waals surface area (Å²) in [6.45, 7) is 3.94. The number of carbonyl (C=O) groups is 1. The van der Waals surface area contributed by atoms with E-state index in [1.807, 2.05) is 13.8 Å². The van der Waals surface area contributed by atoms with Gasteiger partial charge in [-0.25, -0.2) is 9.67 Å². The number of anilines is 1. The molecule has 0 aliphatic heterocycles. The fraction of sp³-hybridized carbons (Fsp3) is 0.615.